The predicted octanol–water partition coefficient (Wildman–Crippen LogP) is 0.384. The lowest BCUT2D eigenvalue weighted by Gasteiger charge is -2.09. The summed E-state index contributed by atoms with van der Waals surface area (Å²) in [4.78, 5) is 15.3. The van der Waals surface area contributed by atoms with Crippen molar-refractivity contribution < 1.29 is 9.53 Å². The van der Waals surface area contributed by atoms with Crippen molar-refractivity contribution in [2.24, 2.45) is 5.73 Å². The zero-order chi connectivity index (χ0) is 11.1. The van der Waals surface area contributed by atoms with Crippen LogP contribution in [-0.2, 0) is 9.53 Å². The molecule has 3 N–H and O–H groups in total. The molecule has 1 heterocycles. The Bertz CT molecular complexity index is 303. The van der Waals surface area contributed by atoms with Crippen molar-refractivity contribution >= 4 is 11.7 Å². The van der Waals surface area contributed by atoms with Gasteiger partial charge in [-0.3, -0.25) is 4.79 Å². The Hall–Kier alpha value is -1.46. The minimum Gasteiger partial charge on any atom is -0.367 e. The predicted molar refractivity (Wildman–Crippen MR) is 57.3 cm³/mol. The lowest BCUT2D eigenvalue weighted by Crippen LogP contribution is -2.26. The SMILES string of the molecule is CC(CN)OCC(=O)Nc1ccccn1. The highest BCUT2D eigenvalue weighted by atomic mass is 16.5. The molecule has 0 saturated carbocycles. The first-order chi connectivity index (χ1) is 7.22. The molecule has 0 fully saturated rings. The molecule has 1 rings (SSSR count). The van der Waals surface area contributed by atoms with Crippen molar-refractivity contribution in [2.75, 3.05) is 18.5 Å². The molecule has 0 spiro atoms. The van der Waals surface area contributed by atoms with E-state index in [2.05, 4.69) is 10.3 Å². The number of hydrogen-bond donors (Lipinski definition) is 2. The second-order valence-electron chi connectivity index (χ2n) is 3.12. The van der Waals surface area contributed by atoms with E-state index in [1.54, 1.807) is 24.4 Å². The average Bonchev–Trinajstić information content (AvgIpc) is 2.27. The zero-order valence-electron chi connectivity index (χ0n) is 8.64. The number of ether oxygens (including phenoxy) is 1. The molecular formula is C10H15N3O2. The minimum absolute atomic E-state index is 0.00502. The van der Waals surface area contributed by atoms with Crippen LogP contribution in [0.15, 0.2) is 24.4 Å². The molecule has 1 aromatic rings. The molecule has 0 bridgehead atoms. The Morgan fingerprint density at radius 1 is 1.67 bits per heavy atom. The number of anilines is 1. The fourth-order valence-corrected chi connectivity index (χ4v) is 0.902. The van der Waals surface area contributed by atoms with Crippen LogP contribution in [0.2, 0.25) is 0 Å². The molecule has 0 radical (unpaired) electrons. The summed E-state index contributed by atoms with van der Waals surface area (Å²) in [6, 6.07) is 5.29. The van der Waals surface area contributed by atoms with Crippen LogP contribution in [0.5, 0.6) is 0 Å². The van der Waals surface area contributed by atoms with Gasteiger partial charge in [-0.1, -0.05) is 6.07 Å². The number of pyridine rings is 1. The number of nitrogens with zero attached hydrogens (tertiary/aromatic N) is 1. The molecule has 82 valence electrons. The molecule has 1 unspecified atom stereocenters. The Kier molecular flexibility index (Phi) is 4.73. The molecule has 1 atom stereocenters. The van der Waals surface area contributed by atoms with Gasteiger partial charge in [0.1, 0.15) is 12.4 Å². The normalized spacial score (nSPS) is 12.1. The van der Waals surface area contributed by atoms with Crippen molar-refractivity contribution in [1.82, 2.24) is 4.98 Å². The number of carbonyl (C=O) groups excluding carboxylic acids is 1. The van der Waals surface area contributed by atoms with Gasteiger partial charge in [0, 0.05) is 12.7 Å². The minimum atomic E-state index is -0.228. The monoisotopic (exact) mass is 209 g/mol. The first-order valence-electron chi connectivity index (χ1n) is 4.75. The first-order valence-corrected chi connectivity index (χ1v) is 4.75. The second-order valence-corrected chi connectivity index (χ2v) is 3.12. The number of carbonyl (C=O) groups is 1. The van der Waals surface area contributed by atoms with Crippen LogP contribution in [0.1, 0.15) is 6.92 Å². The molecule has 0 aliphatic rings. The molecule has 1 aromatic heterocycles. The first kappa shape index (κ1) is 11.6. The van der Waals surface area contributed by atoms with Crippen LogP contribution < -0.4 is 11.1 Å². The third-order valence-corrected chi connectivity index (χ3v) is 1.76. The van der Waals surface area contributed by atoms with Crippen molar-refractivity contribution in [2.45, 2.75) is 13.0 Å². The number of nitrogens with one attached hydrogen (secondary N) is 1. The molecule has 0 aliphatic heterocycles. The summed E-state index contributed by atoms with van der Waals surface area (Å²) >= 11 is 0. The summed E-state index contributed by atoms with van der Waals surface area (Å²) in [6.45, 7) is 2.21. The Labute approximate surface area is 88.6 Å². The maximum absolute atomic E-state index is 11.3. The Balaban J connectivity index is 2.31. The van der Waals surface area contributed by atoms with Crippen LogP contribution in [0, 0.1) is 0 Å². The highest BCUT2D eigenvalue weighted by Gasteiger charge is 2.05. The third-order valence-electron chi connectivity index (χ3n) is 1.76. The summed E-state index contributed by atoms with van der Waals surface area (Å²) in [5.41, 5.74) is 5.34. The molecule has 1 amide bonds. The van der Waals surface area contributed by atoms with Crippen molar-refractivity contribution in [3.05, 3.63) is 24.4 Å². The fraction of sp³-hybridized carbons (Fsp3) is 0.400. The quantitative estimate of drug-likeness (QED) is 0.735. The van der Waals surface area contributed by atoms with E-state index in [0.29, 0.717) is 12.4 Å². The molecule has 0 aromatic carbocycles. The summed E-state index contributed by atoms with van der Waals surface area (Å²) < 4.78 is 5.16. The van der Waals surface area contributed by atoms with Gasteiger partial charge in [-0.25, -0.2) is 4.98 Å². The van der Waals surface area contributed by atoms with E-state index in [1.807, 2.05) is 6.92 Å². The number of hydrogen-bond acceptors (Lipinski definition) is 4. The average molecular weight is 209 g/mol. The smallest absolute Gasteiger partial charge is 0.251 e. The van der Waals surface area contributed by atoms with Gasteiger partial charge in [0.05, 0.1) is 6.10 Å². The van der Waals surface area contributed by atoms with E-state index in [9.17, 15) is 4.79 Å². The molecule has 15 heavy (non-hydrogen) atoms. The van der Waals surface area contributed by atoms with Crippen molar-refractivity contribution in [3.8, 4) is 0 Å². The van der Waals surface area contributed by atoms with Gasteiger partial charge in [-0.15, -0.1) is 0 Å². The van der Waals surface area contributed by atoms with Crippen LogP contribution in [0.4, 0.5) is 5.82 Å². The van der Waals surface area contributed by atoms with Crippen LogP contribution in [0.3, 0.4) is 0 Å². The standard InChI is InChI=1S/C10H15N3O2/c1-8(6-11)15-7-10(14)13-9-4-2-3-5-12-9/h2-5,8H,6-7,11H2,1H3,(H,12,13,14). The summed E-state index contributed by atoms with van der Waals surface area (Å²) in [5.74, 6) is 0.292. The molecular weight excluding hydrogens is 194 g/mol. The fourth-order valence-electron chi connectivity index (χ4n) is 0.902. The van der Waals surface area contributed by atoms with Crippen LogP contribution in [-0.4, -0.2) is 30.1 Å². The number of amides is 1. The van der Waals surface area contributed by atoms with Crippen molar-refractivity contribution in [3.63, 3.8) is 0 Å². The summed E-state index contributed by atoms with van der Waals surface area (Å²) in [5, 5.41) is 2.61. The maximum atomic E-state index is 11.3. The zero-order valence-corrected chi connectivity index (χ0v) is 8.64. The molecule has 0 saturated heterocycles. The number of aromatic nitrogens is 1. The lowest BCUT2D eigenvalue weighted by molar-refractivity contribution is -0.122. The molecule has 0 aliphatic carbocycles. The lowest BCUT2D eigenvalue weighted by atomic mass is 10.4. The molecule has 5 nitrogen and oxygen atoms in total. The third kappa shape index (κ3) is 4.53. The van der Waals surface area contributed by atoms with Gasteiger partial charge in [0.15, 0.2) is 0 Å². The van der Waals surface area contributed by atoms with E-state index in [1.165, 1.54) is 0 Å². The van der Waals surface area contributed by atoms with E-state index >= 15 is 0 Å². The van der Waals surface area contributed by atoms with Gasteiger partial charge < -0.3 is 15.8 Å². The van der Waals surface area contributed by atoms with Gasteiger partial charge in [-0.2, -0.15) is 0 Å². The van der Waals surface area contributed by atoms with E-state index in [4.69, 9.17) is 10.5 Å². The number of rotatable bonds is 5. The van der Waals surface area contributed by atoms with Gasteiger partial charge in [0.25, 0.3) is 5.91 Å². The maximum Gasteiger partial charge on any atom is 0.251 e. The summed E-state index contributed by atoms with van der Waals surface area (Å²) in [7, 11) is 0. The molecule has 5 heteroatoms. The topological polar surface area (TPSA) is 77.2 Å². The van der Waals surface area contributed by atoms with E-state index < -0.39 is 0 Å². The van der Waals surface area contributed by atoms with Gasteiger partial charge in [-0.05, 0) is 19.1 Å². The van der Waals surface area contributed by atoms with E-state index in [-0.39, 0.29) is 18.6 Å². The highest BCUT2D eigenvalue weighted by molar-refractivity contribution is 5.90. The van der Waals surface area contributed by atoms with Crippen molar-refractivity contribution in [1.29, 1.82) is 0 Å². The second kappa shape index (κ2) is 6.10. The Morgan fingerprint density at radius 2 is 2.47 bits per heavy atom. The van der Waals surface area contributed by atoms with Gasteiger partial charge in [0.2, 0.25) is 0 Å². The largest absolute Gasteiger partial charge is 0.367 e. The van der Waals surface area contributed by atoms with Crippen LogP contribution >= 0.6 is 0 Å². The van der Waals surface area contributed by atoms with Gasteiger partial charge >= 0.3 is 0 Å². The Morgan fingerprint density at radius 3 is 3.07 bits per heavy atom. The van der Waals surface area contributed by atoms with Crippen LogP contribution in [0.25, 0.3) is 0 Å². The van der Waals surface area contributed by atoms with E-state index in [0.717, 1.165) is 0 Å². The number of nitrogens with two attached hydrogens (primary N) is 1. The summed E-state index contributed by atoms with van der Waals surface area (Å²) in [6.07, 6.45) is 1.50. The highest BCUT2D eigenvalue weighted by Crippen LogP contribution is 1.99.